The lowest BCUT2D eigenvalue weighted by Gasteiger charge is -2.17. The van der Waals surface area contributed by atoms with Crippen molar-refractivity contribution in [2.75, 3.05) is 5.75 Å². The van der Waals surface area contributed by atoms with Crippen LogP contribution in [0.3, 0.4) is 0 Å². The van der Waals surface area contributed by atoms with Crippen LogP contribution in [0.2, 0.25) is 5.02 Å². The smallest absolute Gasteiger partial charge is 0.211 e. The number of hydrogen-bond acceptors (Lipinski definition) is 4. The van der Waals surface area contributed by atoms with Gasteiger partial charge in [-0.1, -0.05) is 18.5 Å². The number of fused-ring (bicyclic) bond motifs is 2. The zero-order chi connectivity index (χ0) is 12.2. The number of benzene rings is 1. The molecule has 1 aromatic rings. The first-order chi connectivity index (χ1) is 8.10. The highest BCUT2D eigenvalue weighted by Gasteiger charge is 2.69. The van der Waals surface area contributed by atoms with Crippen LogP contribution in [0.25, 0.3) is 0 Å². The molecule has 1 aromatic carbocycles. The average molecular weight is 269 g/mol. The Kier molecular flexibility index (Phi) is 2.37. The number of carbonyl (C=O) groups is 2. The first-order valence-electron chi connectivity index (χ1n) is 5.30. The summed E-state index contributed by atoms with van der Waals surface area (Å²) in [7, 11) is 0. The molecule has 2 aliphatic rings. The summed E-state index contributed by atoms with van der Waals surface area (Å²) in [6.45, 7) is 1.94. The summed E-state index contributed by atoms with van der Waals surface area (Å²) in [5.41, 5.74) is 0.812. The fourth-order valence-corrected chi connectivity index (χ4v) is 3.44. The Hall–Kier alpha value is -0.840. The molecule has 1 saturated heterocycles. The van der Waals surface area contributed by atoms with Crippen LogP contribution in [-0.4, -0.2) is 28.4 Å². The van der Waals surface area contributed by atoms with Gasteiger partial charge in [0.05, 0.1) is 0 Å². The lowest BCUT2D eigenvalue weighted by Crippen LogP contribution is -2.34. The van der Waals surface area contributed by atoms with Gasteiger partial charge in [-0.3, -0.25) is 9.59 Å². The first-order valence-corrected chi connectivity index (χ1v) is 6.67. The van der Waals surface area contributed by atoms with Crippen LogP contribution in [0, 0.1) is 0 Å². The highest BCUT2D eigenvalue weighted by atomic mass is 35.5. The van der Waals surface area contributed by atoms with Crippen molar-refractivity contribution in [2.45, 2.75) is 18.0 Å². The third-order valence-corrected chi connectivity index (χ3v) is 4.43. The molecule has 2 atom stereocenters. The van der Waals surface area contributed by atoms with Gasteiger partial charge >= 0.3 is 0 Å². The number of ether oxygens (including phenoxy) is 1. The summed E-state index contributed by atoms with van der Waals surface area (Å²) in [4.78, 5) is 23.4. The van der Waals surface area contributed by atoms with E-state index >= 15 is 0 Å². The molecule has 0 amide bonds. The molecule has 0 spiro atoms. The quantitative estimate of drug-likeness (QED) is 0.774. The van der Waals surface area contributed by atoms with Crippen molar-refractivity contribution in [1.82, 2.24) is 0 Å². The zero-order valence-electron chi connectivity index (χ0n) is 9.03. The monoisotopic (exact) mass is 268 g/mol. The Bertz CT molecular complexity index is 543. The van der Waals surface area contributed by atoms with Crippen molar-refractivity contribution < 1.29 is 14.3 Å². The van der Waals surface area contributed by atoms with Gasteiger partial charge in [0.25, 0.3) is 0 Å². The number of rotatable bonds is 2. The minimum Gasteiger partial charge on any atom is -0.337 e. The fourth-order valence-electron chi connectivity index (χ4n) is 2.18. The van der Waals surface area contributed by atoms with E-state index < -0.39 is 11.0 Å². The Morgan fingerprint density at radius 3 is 2.88 bits per heavy atom. The van der Waals surface area contributed by atoms with Gasteiger partial charge < -0.3 is 4.74 Å². The van der Waals surface area contributed by atoms with Crippen LogP contribution < -0.4 is 0 Å². The maximum Gasteiger partial charge on any atom is 0.211 e. The Labute approximate surface area is 107 Å². The van der Waals surface area contributed by atoms with Crippen molar-refractivity contribution in [3.8, 4) is 0 Å². The highest BCUT2D eigenvalue weighted by Crippen LogP contribution is 2.53. The van der Waals surface area contributed by atoms with Crippen LogP contribution in [0.5, 0.6) is 0 Å². The van der Waals surface area contributed by atoms with Gasteiger partial charge in [-0.2, -0.15) is 0 Å². The lowest BCUT2D eigenvalue weighted by atomic mass is 9.89. The number of hydrogen-bond donors (Lipinski definition) is 0. The van der Waals surface area contributed by atoms with Gasteiger partial charge in [-0.15, -0.1) is 11.8 Å². The normalized spacial score (nSPS) is 29.9. The molecule has 1 fully saturated rings. The summed E-state index contributed by atoms with van der Waals surface area (Å²) in [5, 5.41) is 0.459. The molecule has 0 N–H and O–H groups in total. The second-order valence-corrected chi connectivity index (χ2v) is 5.89. The maximum absolute atomic E-state index is 12.3. The third-order valence-electron chi connectivity index (χ3n) is 2.99. The molecule has 88 valence electrons. The molecule has 1 aliphatic heterocycles. The second kappa shape index (κ2) is 3.57. The summed E-state index contributed by atoms with van der Waals surface area (Å²) in [6, 6.07) is 4.77. The van der Waals surface area contributed by atoms with Crippen molar-refractivity contribution >= 4 is 34.9 Å². The predicted molar refractivity (Wildman–Crippen MR) is 65.8 cm³/mol. The van der Waals surface area contributed by atoms with E-state index in [9.17, 15) is 9.59 Å². The number of carbonyl (C=O) groups excluding carboxylic acids is 2. The minimum absolute atomic E-state index is 0.111. The van der Waals surface area contributed by atoms with Crippen molar-refractivity contribution in [1.29, 1.82) is 0 Å². The molecule has 3 nitrogen and oxygen atoms in total. The number of halogens is 1. The molecule has 1 aliphatic carbocycles. The maximum atomic E-state index is 12.3. The molecule has 5 heteroatoms. The average Bonchev–Trinajstić information content (AvgIpc) is 3.03. The van der Waals surface area contributed by atoms with Gasteiger partial charge in [0.15, 0.2) is 11.9 Å². The third kappa shape index (κ3) is 1.41. The minimum atomic E-state index is -0.952. The molecule has 0 radical (unpaired) electrons. The number of thioether (sulfide) groups is 1. The van der Waals surface area contributed by atoms with Crippen LogP contribution in [-0.2, 0) is 4.74 Å². The fraction of sp³-hybridized carbons (Fsp3) is 0.333. The van der Waals surface area contributed by atoms with E-state index in [1.165, 1.54) is 11.8 Å². The summed E-state index contributed by atoms with van der Waals surface area (Å²) < 4.78 is 5.37. The molecule has 17 heavy (non-hydrogen) atoms. The highest BCUT2D eigenvalue weighted by molar-refractivity contribution is 8.01. The van der Waals surface area contributed by atoms with E-state index in [2.05, 4.69) is 0 Å². The van der Waals surface area contributed by atoms with Crippen LogP contribution in [0.1, 0.15) is 27.6 Å². The van der Waals surface area contributed by atoms with Crippen molar-refractivity contribution in [3.63, 3.8) is 0 Å². The first kappa shape index (κ1) is 11.3. The van der Waals surface area contributed by atoms with E-state index in [4.69, 9.17) is 16.3 Å². The second-order valence-electron chi connectivity index (χ2n) is 3.98. The van der Waals surface area contributed by atoms with Gasteiger partial charge in [-0.25, -0.2) is 0 Å². The van der Waals surface area contributed by atoms with Crippen molar-refractivity contribution in [3.05, 3.63) is 34.3 Å². The van der Waals surface area contributed by atoms with E-state index in [0.717, 1.165) is 5.75 Å². The summed E-state index contributed by atoms with van der Waals surface area (Å²) in [6.07, 6.45) is -0.620. The largest absolute Gasteiger partial charge is 0.337 e. The lowest BCUT2D eigenvalue weighted by molar-refractivity contribution is 0.0911. The Morgan fingerprint density at radius 1 is 1.41 bits per heavy atom. The number of ketones is 2. The van der Waals surface area contributed by atoms with E-state index in [1.807, 2.05) is 6.92 Å². The molecule has 0 aromatic heterocycles. The van der Waals surface area contributed by atoms with Gasteiger partial charge in [0.1, 0.15) is 0 Å². The Morgan fingerprint density at radius 2 is 2.18 bits per heavy atom. The SMILES string of the molecule is CCSC12OC1C(=O)c1cc(Cl)ccc1C2=O. The van der Waals surface area contributed by atoms with Crippen molar-refractivity contribution in [2.24, 2.45) is 0 Å². The zero-order valence-corrected chi connectivity index (χ0v) is 10.6. The summed E-state index contributed by atoms with van der Waals surface area (Å²) in [5.74, 6) is 0.488. The van der Waals surface area contributed by atoms with Crippen LogP contribution in [0.4, 0.5) is 0 Å². The number of Topliss-reactive ketones (excluding diaryl/α,β-unsaturated/α-hetero) is 2. The molecule has 0 bridgehead atoms. The van der Waals surface area contributed by atoms with Gasteiger partial charge in [0, 0.05) is 16.1 Å². The topological polar surface area (TPSA) is 46.7 Å². The van der Waals surface area contributed by atoms with E-state index in [-0.39, 0.29) is 11.6 Å². The molecular weight excluding hydrogens is 260 g/mol. The van der Waals surface area contributed by atoms with E-state index in [1.54, 1.807) is 18.2 Å². The molecule has 3 rings (SSSR count). The molecular formula is C12H9ClO3S. The molecule has 0 saturated carbocycles. The predicted octanol–water partition coefficient (Wildman–Crippen LogP) is 2.57. The number of epoxide rings is 1. The molecule has 2 unspecified atom stereocenters. The molecule has 1 heterocycles. The Balaban J connectivity index is 2.12. The standard InChI is InChI=1S/C12H9ClO3S/c1-2-17-12-10(15)7-4-3-6(13)5-8(7)9(14)11(12)16-12/h3-5,11H,2H2,1H3. The van der Waals surface area contributed by atoms with Crippen LogP contribution in [0.15, 0.2) is 18.2 Å². The van der Waals surface area contributed by atoms with Gasteiger partial charge in [0.2, 0.25) is 10.7 Å². The van der Waals surface area contributed by atoms with Crippen LogP contribution >= 0.6 is 23.4 Å². The van der Waals surface area contributed by atoms with E-state index in [0.29, 0.717) is 16.1 Å². The van der Waals surface area contributed by atoms with Gasteiger partial charge in [-0.05, 0) is 24.0 Å². The summed E-state index contributed by atoms with van der Waals surface area (Å²) >= 11 is 7.22.